The van der Waals surface area contributed by atoms with E-state index >= 15 is 0 Å². The smallest absolute Gasteiger partial charge is 0.316 e. The summed E-state index contributed by atoms with van der Waals surface area (Å²) in [5.74, 6) is -1.67. The predicted octanol–water partition coefficient (Wildman–Crippen LogP) is 3.18. The Morgan fingerprint density at radius 1 is 1.04 bits per heavy atom. The van der Waals surface area contributed by atoms with Crippen LogP contribution in [0.25, 0.3) is 0 Å². The molecule has 0 aliphatic heterocycles. The number of rotatable bonds is 4. The average Bonchev–Trinajstić information content (AvgIpc) is 2.57. The van der Waals surface area contributed by atoms with Crippen molar-refractivity contribution in [3.8, 4) is 0 Å². The molecule has 0 aromatic heterocycles. The van der Waals surface area contributed by atoms with E-state index in [0.29, 0.717) is 10.7 Å². The fraction of sp³-hybridized carbons (Fsp3) is 0.118. The van der Waals surface area contributed by atoms with Crippen LogP contribution in [0.4, 0.5) is 5.69 Å². The Labute approximate surface area is 139 Å². The summed E-state index contributed by atoms with van der Waals surface area (Å²) in [6, 6.07) is 16.4. The summed E-state index contributed by atoms with van der Waals surface area (Å²) in [5.41, 5.74) is 3.63. The first-order chi connectivity index (χ1) is 11.1. The van der Waals surface area contributed by atoms with Gasteiger partial charge in [-0.2, -0.15) is 5.10 Å². The number of carbonyl (C=O) groups excluding carboxylic acids is 2. The molecule has 23 heavy (non-hydrogen) atoms. The molecule has 0 saturated heterocycles. The maximum Gasteiger partial charge on any atom is 0.329 e. The van der Waals surface area contributed by atoms with Crippen molar-refractivity contribution in [1.82, 2.24) is 5.43 Å². The third kappa shape index (κ3) is 4.93. The van der Waals surface area contributed by atoms with Gasteiger partial charge in [-0.15, -0.1) is 0 Å². The number of halogens is 1. The molecule has 118 valence electrons. The summed E-state index contributed by atoms with van der Waals surface area (Å²) in [4.78, 5) is 23.5. The normalized spacial score (nSPS) is 11.9. The van der Waals surface area contributed by atoms with Gasteiger partial charge in [-0.1, -0.05) is 61.0 Å². The van der Waals surface area contributed by atoms with Crippen molar-refractivity contribution in [2.75, 3.05) is 5.32 Å². The first-order valence-corrected chi connectivity index (χ1v) is 7.39. The zero-order valence-corrected chi connectivity index (χ0v) is 13.2. The number of amides is 2. The molecule has 0 radical (unpaired) electrons. The largest absolute Gasteiger partial charge is 0.329 e. The van der Waals surface area contributed by atoms with Crippen LogP contribution in [0.3, 0.4) is 0 Å². The van der Waals surface area contributed by atoms with Gasteiger partial charge in [0, 0.05) is 12.1 Å². The Kier molecular flexibility index (Phi) is 5.88. The molecule has 0 spiro atoms. The fourth-order valence-electron chi connectivity index (χ4n) is 1.84. The topological polar surface area (TPSA) is 70.6 Å². The van der Waals surface area contributed by atoms with Crippen molar-refractivity contribution in [3.63, 3.8) is 0 Å². The van der Waals surface area contributed by atoms with Gasteiger partial charge in [-0.25, -0.2) is 5.43 Å². The third-order valence-electron chi connectivity index (χ3n) is 3.12. The number of carbonyl (C=O) groups is 2. The number of nitrogens with zero attached hydrogens (tertiary/aromatic N) is 1. The highest BCUT2D eigenvalue weighted by atomic mass is 35.5. The second-order valence-corrected chi connectivity index (χ2v) is 5.26. The second kappa shape index (κ2) is 8.10. The van der Waals surface area contributed by atoms with Crippen LogP contribution in [0.5, 0.6) is 0 Å². The minimum atomic E-state index is -0.860. The number of anilines is 1. The summed E-state index contributed by atoms with van der Waals surface area (Å²) in [6.45, 7) is 1.94. The molecule has 0 heterocycles. The van der Waals surface area contributed by atoms with Crippen LogP contribution in [0.15, 0.2) is 59.7 Å². The SMILES string of the molecule is CC(/C=N/NC(=O)C(=O)Nc1ccccc1Cl)c1ccccc1. The number of hydrogen-bond acceptors (Lipinski definition) is 3. The molecular weight excluding hydrogens is 314 g/mol. The van der Waals surface area contributed by atoms with Gasteiger partial charge in [0.15, 0.2) is 0 Å². The van der Waals surface area contributed by atoms with E-state index in [1.807, 2.05) is 37.3 Å². The zero-order valence-electron chi connectivity index (χ0n) is 12.5. The molecule has 2 rings (SSSR count). The van der Waals surface area contributed by atoms with E-state index in [1.54, 1.807) is 30.5 Å². The standard InChI is InChI=1S/C17H16ClN3O2/c1-12(13-7-3-2-4-8-13)11-19-21-17(23)16(22)20-15-10-6-5-9-14(15)18/h2-12H,1H3,(H,20,22)(H,21,23)/b19-11+. The lowest BCUT2D eigenvalue weighted by atomic mass is 10.0. The van der Waals surface area contributed by atoms with E-state index < -0.39 is 11.8 Å². The van der Waals surface area contributed by atoms with Crippen LogP contribution in [-0.4, -0.2) is 18.0 Å². The first kappa shape index (κ1) is 16.7. The maximum atomic E-state index is 11.8. The van der Waals surface area contributed by atoms with E-state index in [4.69, 9.17) is 11.6 Å². The van der Waals surface area contributed by atoms with Crippen molar-refractivity contribution in [3.05, 3.63) is 65.2 Å². The first-order valence-electron chi connectivity index (χ1n) is 7.02. The van der Waals surface area contributed by atoms with Crippen LogP contribution in [0.1, 0.15) is 18.4 Å². The molecule has 2 N–H and O–H groups in total. The Morgan fingerprint density at radius 3 is 2.39 bits per heavy atom. The van der Waals surface area contributed by atoms with Gasteiger partial charge in [-0.3, -0.25) is 9.59 Å². The average molecular weight is 330 g/mol. The van der Waals surface area contributed by atoms with Gasteiger partial charge in [0.2, 0.25) is 0 Å². The Morgan fingerprint density at radius 2 is 1.70 bits per heavy atom. The molecule has 1 unspecified atom stereocenters. The van der Waals surface area contributed by atoms with Crippen LogP contribution in [0.2, 0.25) is 5.02 Å². The highest BCUT2D eigenvalue weighted by molar-refractivity contribution is 6.41. The van der Waals surface area contributed by atoms with Crippen molar-refractivity contribution >= 4 is 35.3 Å². The fourth-order valence-corrected chi connectivity index (χ4v) is 2.03. The Balaban J connectivity index is 1.88. The molecule has 0 aliphatic rings. The Hall–Kier alpha value is -2.66. The summed E-state index contributed by atoms with van der Waals surface area (Å²) < 4.78 is 0. The van der Waals surface area contributed by atoms with E-state index in [0.717, 1.165) is 5.56 Å². The molecule has 2 aromatic rings. The quantitative estimate of drug-likeness (QED) is 0.514. The number of para-hydroxylation sites is 1. The van der Waals surface area contributed by atoms with Crippen molar-refractivity contribution in [2.24, 2.45) is 5.10 Å². The summed E-state index contributed by atoms with van der Waals surface area (Å²) >= 11 is 5.91. The molecule has 0 fully saturated rings. The minimum Gasteiger partial charge on any atom is -0.316 e. The minimum absolute atomic E-state index is 0.0168. The predicted molar refractivity (Wildman–Crippen MR) is 91.6 cm³/mol. The van der Waals surface area contributed by atoms with Crippen LogP contribution >= 0.6 is 11.6 Å². The Bertz CT molecular complexity index is 717. The van der Waals surface area contributed by atoms with E-state index in [-0.39, 0.29) is 5.92 Å². The van der Waals surface area contributed by atoms with Crippen molar-refractivity contribution in [2.45, 2.75) is 12.8 Å². The second-order valence-electron chi connectivity index (χ2n) is 4.85. The monoisotopic (exact) mass is 329 g/mol. The summed E-state index contributed by atoms with van der Waals surface area (Å²) in [5, 5.41) is 6.59. The highest BCUT2D eigenvalue weighted by Gasteiger charge is 2.14. The van der Waals surface area contributed by atoms with Gasteiger partial charge in [0.25, 0.3) is 0 Å². The molecule has 0 aliphatic carbocycles. The lowest BCUT2D eigenvalue weighted by Gasteiger charge is -2.06. The van der Waals surface area contributed by atoms with E-state index in [9.17, 15) is 9.59 Å². The van der Waals surface area contributed by atoms with Gasteiger partial charge in [0.05, 0.1) is 10.7 Å². The van der Waals surface area contributed by atoms with Crippen molar-refractivity contribution < 1.29 is 9.59 Å². The number of hydrogen-bond donors (Lipinski definition) is 2. The molecule has 1 atom stereocenters. The van der Waals surface area contributed by atoms with Crippen LogP contribution in [-0.2, 0) is 9.59 Å². The number of nitrogens with one attached hydrogen (secondary N) is 2. The molecule has 5 nitrogen and oxygen atoms in total. The van der Waals surface area contributed by atoms with E-state index in [2.05, 4.69) is 15.8 Å². The molecule has 2 aromatic carbocycles. The third-order valence-corrected chi connectivity index (χ3v) is 3.45. The number of benzene rings is 2. The number of hydrazone groups is 1. The van der Waals surface area contributed by atoms with E-state index in [1.165, 1.54) is 0 Å². The molecule has 2 amide bonds. The van der Waals surface area contributed by atoms with Crippen LogP contribution in [0, 0.1) is 0 Å². The van der Waals surface area contributed by atoms with Gasteiger partial charge in [0.1, 0.15) is 0 Å². The lowest BCUT2D eigenvalue weighted by Crippen LogP contribution is -2.32. The highest BCUT2D eigenvalue weighted by Crippen LogP contribution is 2.20. The molecular formula is C17H16ClN3O2. The van der Waals surface area contributed by atoms with Crippen LogP contribution < -0.4 is 10.7 Å². The lowest BCUT2D eigenvalue weighted by molar-refractivity contribution is -0.136. The van der Waals surface area contributed by atoms with Gasteiger partial charge in [-0.05, 0) is 17.7 Å². The molecule has 0 bridgehead atoms. The zero-order chi connectivity index (χ0) is 16.7. The summed E-state index contributed by atoms with van der Waals surface area (Å²) in [7, 11) is 0. The molecule has 6 heteroatoms. The molecule has 0 saturated carbocycles. The van der Waals surface area contributed by atoms with Crippen molar-refractivity contribution in [1.29, 1.82) is 0 Å². The summed E-state index contributed by atoms with van der Waals surface area (Å²) in [6.07, 6.45) is 1.57. The van der Waals surface area contributed by atoms with Gasteiger partial charge < -0.3 is 5.32 Å². The maximum absolute atomic E-state index is 11.8. The van der Waals surface area contributed by atoms with Gasteiger partial charge >= 0.3 is 11.8 Å².